The molecule has 1 aliphatic rings. The second-order valence-electron chi connectivity index (χ2n) is 7.21. The molecule has 0 amide bonds. The van der Waals surface area contributed by atoms with E-state index in [0.717, 1.165) is 25.5 Å². The maximum absolute atomic E-state index is 4.46. The van der Waals surface area contributed by atoms with E-state index in [-0.39, 0.29) is 5.54 Å². The minimum absolute atomic E-state index is 0.0336. The Hall–Kier alpha value is -1.95. The van der Waals surface area contributed by atoms with Crippen molar-refractivity contribution in [1.82, 2.24) is 25.3 Å². The third-order valence-electron chi connectivity index (χ3n) is 4.22. The second kappa shape index (κ2) is 6.66. The zero-order valence-corrected chi connectivity index (χ0v) is 14.2. The molecule has 0 radical (unpaired) electrons. The number of rotatable bonds is 4. The highest BCUT2D eigenvalue weighted by Crippen LogP contribution is 2.17. The van der Waals surface area contributed by atoms with Crippen molar-refractivity contribution in [3.8, 4) is 0 Å². The Kier molecular flexibility index (Phi) is 4.61. The van der Waals surface area contributed by atoms with Crippen molar-refractivity contribution in [3.05, 3.63) is 36.3 Å². The molecule has 6 heteroatoms. The molecule has 124 valence electrons. The van der Waals surface area contributed by atoms with Crippen LogP contribution < -0.4 is 10.2 Å². The molecule has 23 heavy (non-hydrogen) atoms. The van der Waals surface area contributed by atoms with Gasteiger partial charge in [0.25, 0.3) is 0 Å². The van der Waals surface area contributed by atoms with Crippen molar-refractivity contribution in [2.45, 2.75) is 51.7 Å². The van der Waals surface area contributed by atoms with E-state index >= 15 is 0 Å². The van der Waals surface area contributed by atoms with Crippen LogP contribution in [0.3, 0.4) is 0 Å². The molecule has 0 aromatic carbocycles. The fourth-order valence-electron chi connectivity index (χ4n) is 2.89. The summed E-state index contributed by atoms with van der Waals surface area (Å²) in [4.78, 5) is 2.31. The molecule has 0 bridgehead atoms. The molecule has 1 saturated heterocycles. The van der Waals surface area contributed by atoms with Gasteiger partial charge < -0.3 is 10.2 Å². The summed E-state index contributed by atoms with van der Waals surface area (Å²) in [6.07, 6.45) is 8.19. The van der Waals surface area contributed by atoms with Crippen molar-refractivity contribution in [1.29, 1.82) is 0 Å². The van der Waals surface area contributed by atoms with Crippen LogP contribution in [0.4, 0.5) is 5.82 Å². The Labute approximate surface area is 137 Å². The lowest BCUT2D eigenvalue weighted by molar-refractivity contribution is 0.355. The molecule has 2 aromatic rings. The Morgan fingerprint density at radius 2 is 2.22 bits per heavy atom. The van der Waals surface area contributed by atoms with Gasteiger partial charge in [0.1, 0.15) is 0 Å². The Bertz CT molecular complexity index is 616. The predicted molar refractivity (Wildman–Crippen MR) is 91.3 cm³/mol. The minimum atomic E-state index is 0.0336. The Balaban J connectivity index is 1.55. The van der Waals surface area contributed by atoms with E-state index in [9.17, 15) is 0 Å². The fourth-order valence-corrected chi connectivity index (χ4v) is 2.89. The minimum Gasteiger partial charge on any atom is -0.354 e. The zero-order chi connectivity index (χ0) is 16.3. The molecule has 0 spiro atoms. The highest BCUT2D eigenvalue weighted by atomic mass is 15.3. The third-order valence-corrected chi connectivity index (χ3v) is 4.22. The van der Waals surface area contributed by atoms with Gasteiger partial charge in [-0.05, 0) is 45.7 Å². The van der Waals surface area contributed by atoms with Gasteiger partial charge in [-0.2, -0.15) is 10.2 Å². The standard InChI is InChI=1S/C17H26N6/c1-17(2,3)23-12-14(11-20-23)10-18-15-6-5-9-22(13-15)16-7-4-8-19-21-16/h4,7-8,11-12,15,18H,5-6,9-10,13H2,1-3H3/t15-/m1/s1. The molecule has 1 aliphatic heterocycles. The Morgan fingerprint density at radius 3 is 2.91 bits per heavy atom. The van der Waals surface area contributed by atoms with Crippen LogP contribution in [0.5, 0.6) is 0 Å². The van der Waals surface area contributed by atoms with Gasteiger partial charge in [0.05, 0.1) is 11.7 Å². The molecule has 1 fully saturated rings. The van der Waals surface area contributed by atoms with Gasteiger partial charge in [-0.25, -0.2) is 0 Å². The topological polar surface area (TPSA) is 58.9 Å². The average Bonchev–Trinajstić information content (AvgIpc) is 3.03. The van der Waals surface area contributed by atoms with Gasteiger partial charge in [0.15, 0.2) is 5.82 Å². The number of piperidine rings is 1. The molecule has 0 saturated carbocycles. The van der Waals surface area contributed by atoms with Crippen molar-refractivity contribution in [3.63, 3.8) is 0 Å². The van der Waals surface area contributed by atoms with Crippen molar-refractivity contribution in [2.24, 2.45) is 0 Å². The first-order valence-electron chi connectivity index (χ1n) is 8.32. The van der Waals surface area contributed by atoms with Crippen LogP contribution in [-0.4, -0.2) is 39.1 Å². The number of aromatic nitrogens is 4. The van der Waals surface area contributed by atoms with Crippen LogP contribution in [0.2, 0.25) is 0 Å². The van der Waals surface area contributed by atoms with E-state index in [2.05, 4.69) is 52.5 Å². The first-order valence-corrected chi connectivity index (χ1v) is 8.32. The maximum atomic E-state index is 4.46. The zero-order valence-electron chi connectivity index (χ0n) is 14.2. The molecule has 0 aliphatic carbocycles. The number of hydrogen-bond donors (Lipinski definition) is 1. The molecule has 1 atom stereocenters. The van der Waals surface area contributed by atoms with Gasteiger partial charge in [-0.3, -0.25) is 4.68 Å². The van der Waals surface area contributed by atoms with Crippen LogP contribution in [-0.2, 0) is 12.1 Å². The molecule has 0 unspecified atom stereocenters. The van der Waals surface area contributed by atoms with Crippen molar-refractivity contribution in [2.75, 3.05) is 18.0 Å². The number of nitrogens with one attached hydrogen (secondary N) is 1. The van der Waals surface area contributed by atoms with Gasteiger partial charge in [0, 0.05) is 43.6 Å². The first-order chi connectivity index (χ1) is 11.0. The van der Waals surface area contributed by atoms with Gasteiger partial charge in [-0.1, -0.05) is 0 Å². The van der Waals surface area contributed by atoms with Crippen LogP contribution in [0.1, 0.15) is 39.2 Å². The molecule has 3 rings (SSSR count). The normalized spacial score (nSPS) is 19.1. The van der Waals surface area contributed by atoms with E-state index in [1.165, 1.54) is 18.4 Å². The third kappa shape index (κ3) is 4.07. The number of anilines is 1. The summed E-state index contributed by atoms with van der Waals surface area (Å²) in [5.41, 5.74) is 1.27. The summed E-state index contributed by atoms with van der Waals surface area (Å²) >= 11 is 0. The van der Waals surface area contributed by atoms with Gasteiger partial charge >= 0.3 is 0 Å². The molecule has 1 N–H and O–H groups in total. The summed E-state index contributed by atoms with van der Waals surface area (Å²) in [6.45, 7) is 9.38. The molecule has 2 aromatic heterocycles. The van der Waals surface area contributed by atoms with Crippen molar-refractivity contribution >= 4 is 5.82 Å². The maximum Gasteiger partial charge on any atom is 0.151 e. The summed E-state index contributed by atoms with van der Waals surface area (Å²) in [7, 11) is 0. The summed E-state index contributed by atoms with van der Waals surface area (Å²) in [5, 5.41) is 16.3. The summed E-state index contributed by atoms with van der Waals surface area (Å²) in [6, 6.07) is 4.45. The largest absolute Gasteiger partial charge is 0.354 e. The van der Waals surface area contributed by atoms with Crippen LogP contribution >= 0.6 is 0 Å². The number of nitrogens with zero attached hydrogens (tertiary/aromatic N) is 5. The van der Waals surface area contributed by atoms with E-state index in [1.807, 2.05) is 23.0 Å². The van der Waals surface area contributed by atoms with Gasteiger partial charge in [-0.15, -0.1) is 5.10 Å². The lowest BCUT2D eigenvalue weighted by Gasteiger charge is -2.33. The molecular formula is C17H26N6. The molecule has 3 heterocycles. The van der Waals surface area contributed by atoms with E-state index in [0.29, 0.717) is 6.04 Å². The smallest absolute Gasteiger partial charge is 0.151 e. The van der Waals surface area contributed by atoms with E-state index in [1.54, 1.807) is 6.20 Å². The van der Waals surface area contributed by atoms with Crippen LogP contribution in [0.15, 0.2) is 30.7 Å². The van der Waals surface area contributed by atoms with Crippen LogP contribution in [0.25, 0.3) is 0 Å². The SMILES string of the molecule is CC(C)(C)n1cc(CN[C@@H]2CCCN(c3cccnn3)C2)cn1. The van der Waals surface area contributed by atoms with E-state index in [4.69, 9.17) is 0 Å². The van der Waals surface area contributed by atoms with Gasteiger partial charge in [0.2, 0.25) is 0 Å². The number of hydrogen-bond acceptors (Lipinski definition) is 5. The average molecular weight is 314 g/mol. The van der Waals surface area contributed by atoms with Crippen molar-refractivity contribution < 1.29 is 0 Å². The predicted octanol–water partition coefficient (Wildman–Crippen LogP) is 2.19. The first kappa shape index (κ1) is 15.9. The highest BCUT2D eigenvalue weighted by molar-refractivity contribution is 5.37. The highest BCUT2D eigenvalue weighted by Gasteiger charge is 2.21. The quantitative estimate of drug-likeness (QED) is 0.937. The fraction of sp³-hybridized carbons (Fsp3) is 0.588. The van der Waals surface area contributed by atoms with E-state index < -0.39 is 0 Å². The lowest BCUT2D eigenvalue weighted by atomic mass is 10.1. The summed E-state index contributed by atoms with van der Waals surface area (Å²) in [5.74, 6) is 0.972. The molecular weight excluding hydrogens is 288 g/mol. The van der Waals surface area contributed by atoms with Crippen LogP contribution in [0, 0.1) is 0 Å². The summed E-state index contributed by atoms with van der Waals surface area (Å²) < 4.78 is 2.02. The lowest BCUT2D eigenvalue weighted by Crippen LogP contribution is -2.45. The Morgan fingerprint density at radius 1 is 1.35 bits per heavy atom. The molecule has 6 nitrogen and oxygen atoms in total. The second-order valence-corrected chi connectivity index (χ2v) is 7.21. The monoisotopic (exact) mass is 314 g/mol.